The molecule has 0 bridgehead atoms. The van der Waals surface area contributed by atoms with E-state index in [1.807, 2.05) is 12.1 Å². The molecular weight excluding hydrogens is 476 g/mol. The molecule has 0 amide bonds. The highest BCUT2D eigenvalue weighted by molar-refractivity contribution is 7.87. The second kappa shape index (κ2) is 11.1. The van der Waals surface area contributed by atoms with E-state index in [0.717, 1.165) is 11.1 Å². The van der Waals surface area contributed by atoms with E-state index in [-0.39, 0.29) is 13.2 Å². The van der Waals surface area contributed by atoms with Crippen LogP contribution in [0.15, 0.2) is 42.5 Å². The fraction of sp³-hybridized carbons (Fsp3) is 0.429. The average Bonchev–Trinajstić information content (AvgIpc) is 2.77. The lowest BCUT2D eigenvalue weighted by Crippen LogP contribution is -2.55. The van der Waals surface area contributed by atoms with Crippen LogP contribution in [0.5, 0.6) is 5.75 Å². The molecule has 0 aliphatic carbocycles. The van der Waals surface area contributed by atoms with Gasteiger partial charge in [-0.05, 0) is 41.3 Å². The fourth-order valence-electron chi connectivity index (χ4n) is 3.56. The van der Waals surface area contributed by atoms with Crippen LogP contribution in [0.25, 0.3) is 0 Å². The molecule has 1 fully saturated rings. The van der Waals surface area contributed by atoms with E-state index >= 15 is 0 Å². The van der Waals surface area contributed by atoms with Gasteiger partial charge in [-0.25, -0.2) is 5.14 Å². The van der Waals surface area contributed by atoms with Crippen molar-refractivity contribution < 1.29 is 38.3 Å². The van der Waals surface area contributed by atoms with Gasteiger partial charge in [0.25, 0.3) is 10.2 Å². The minimum Gasteiger partial charge on any atom is -0.492 e. The smallest absolute Gasteiger partial charge is 0.274 e. The number of hydrogen-bond donors (Lipinski definition) is 6. The maximum atomic E-state index is 10.8. The molecule has 2 aromatic carbocycles. The summed E-state index contributed by atoms with van der Waals surface area (Å²) in [5, 5.41) is 45.2. The molecule has 3 rings (SSSR count). The third kappa shape index (κ3) is 6.85. The summed E-state index contributed by atoms with van der Waals surface area (Å²) >= 11 is 6.36. The second-order valence-corrected chi connectivity index (χ2v) is 9.49. The van der Waals surface area contributed by atoms with Crippen molar-refractivity contribution in [3.8, 4) is 5.75 Å². The molecule has 1 heterocycles. The number of halogens is 1. The first-order chi connectivity index (χ1) is 15.6. The Balaban J connectivity index is 1.67. The van der Waals surface area contributed by atoms with Crippen LogP contribution < -0.4 is 14.6 Å². The Morgan fingerprint density at radius 2 is 1.76 bits per heavy atom. The zero-order chi connectivity index (χ0) is 24.2. The Kier molecular flexibility index (Phi) is 8.67. The van der Waals surface area contributed by atoms with Crippen LogP contribution in [-0.4, -0.2) is 73.0 Å². The Bertz CT molecular complexity index is 1040. The molecule has 1 aliphatic heterocycles. The standard InChI is InChI=1S/C21H27ClN2O8S/c22-16-6-3-13(21-20(28)19(27)18(26)17(11-25)32-21)10-14(16)9-12-1-4-15(5-2-12)31-8-7-24-33(23,29)30/h1-6,10,17-21,24-28H,7-9,11H2,(H2,23,29,30)/t17?,18?,19-,20+,21+/m0/s1. The summed E-state index contributed by atoms with van der Waals surface area (Å²) in [4.78, 5) is 0. The van der Waals surface area contributed by atoms with Gasteiger partial charge in [0, 0.05) is 11.6 Å². The van der Waals surface area contributed by atoms with Gasteiger partial charge in [0.15, 0.2) is 0 Å². The van der Waals surface area contributed by atoms with Gasteiger partial charge in [-0.2, -0.15) is 13.1 Å². The molecule has 1 aliphatic rings. The first-order valence-corrected chi connectivity index (χ1v) is 12.1. The van der Waals surface area contributed by atoms with Crippen molar-refractivity contribution in [1.29, 1.82) is 0 Å². The highest BCUT2D eigenvalue weighted by Gasteiger charge is 2.44. The summed E-state index contributed by atoms with van der Waals surface area (Å²) in [6.07, 6.45) is -5.76. The van der Waals surface area contributed by atoms with Crippen LogP contribution in [0.1, 0.15) is 22.8 Å². The molecule has 33 heavy (non-hydrogen) atoms. The maximum absolute atomic E-state index is 10.8. The van der Waals surface area contributed by atoms with Crippen molar-refractivity contribution in [3.05, 3.63) is 64.2 Å². The quantitative estimate of drug-likeness (QED) is 0.252. The molecule has 0 radical (unpaired) electrons. The molecule has 2 aromatic rings. The molecule has 2 unspecified atom stereocenters. The predicted molar refractivity (Wildman–Crippen MR) is 120 cm³/mol. The van der Waals surface area contributed by atoms with Crippen molar-refractivity contribution in [2.45, 2.75) is 36.9 Å². The number of aliphatic hydroxyl groups excluding tert-OH is 4. The molecule has 12 heteroatoms. The van der Waals surface area contributed by atoms with E-state index in [0.29, 0.717) is 22.8 Å². The molecule has 0 spiro atoms. The molecule has 7 N–H and O–H groups in total. The maximum Gasteiger partial charge on any atom is 0.274 e. The van der Waals surface area contributed by atoms with Crippen LogP contribution in [0, 0.1) is 0 Å². The zero-order valence-corrected chi connectivity index (χ0v) is 19.1. The topological polar surface area (TPSA) is 172 Å². The molecule has 5 atom stereocenters. The second-order valence-electron chi connectivity index (χ2n) is 7.71. The van der Waals surface area contributed by atoms with Gasteiger partial charge in [-0.3, -0.25) is 0 Å². The molecule has 0 saturated carbocycles. The van der Waals surface area contributed by atoms with Gasteiger partial charge in [0.1, 0.15) is 42.9 Å². The number of nitrogens with two attached hydrogens (primary N) is 1. The van der Waals surface area contributed by atoms with Gasteiger partial charge >= 0.3 is 0 Å². The lowest BCUT2D eigenvalue weighted by Gasteiger charge is -2.40. The summed E-state index contributed by atoms with van der Waals surface area (Å²) in [6.45, 7) is -0.349. The predicted octanol–water partition coefficient (Wildman–Crippen LogP) is -0.382. The van der Waals surface area contributed by atoms with Gasteiger partial charge < -0.3 is 29.9 Å². The number of aliphatic hydroxyl groups is 4. The first-order valence-electron chi connectivity index (χ1n) is 10.2. The van der Waals surface area contributed by atoms with E-state index < -0.39 is 47.3 Å². The third-order valence-corrected chi connectivity index (χ3v) is 6.26. The number of nitrogens with one attached hydrogen (secondary N) is 1. The number of hydrogen-bond acceptors (Lipinski definition) is 8. The minimum absolute atomic E-state index is 0.0426. The van der Waals surface area contributed by atoms with Crippen LogP contribution >= 0.6 is 11.6 Å². The van der Waals surface area contributed by atoms with Gasteiger partial charge in [0.2, 0.25) is 0 Å². The molecule has 0 aromatic heterocycles. The first kappa shape index (κ1) is 25.8. The molecule has 182 valence electrons. The van der Waals surface area contributed by atoms with Gasteiger partial charge in [-0.15, -0.1) is 0 Å². The summed E-state index contributed by atoms with van der Waals surface area (Å²) in [6, 6.07) is 12.2. The summed E-state index contributed by atoms with van der Waals surface area (Å²) in [5.74, 6) is 0.552. The van der Waals surface area contributed by atoms with E-state index in [1.54, 1.807) is 30.3 Å². The van der Waals surface area contributed by atoms with Gasteiger partial charge in [-0.1, -0.05) is 35.9 Å². The third-order valence-electron chi connectivity index (χ3n) is 5.28. The molecular formula is C21H27ClN2O8S. The van der Waals surface area contributed by atoms with Crippen molar-refractivity contribution in [2.75, 3.05) is 19.8 Å². The average molecular weight is 503 g/mol. The SMILES string of the molecule is NS(=O)(=O)NCCOc1ccc(Cc2cc([C@H]3OC(CO)C(O)[C@H](O)[C@H]3O)ccc2Cl)cc1. The summed E-state index contributed by atoms with van der Waals surface area (Å²) in [5.41, 5.74) is 2.21. The van der Waals surface area contributed by atoms with Crippen molar-refractivity contribution in [3.63, 3.8) is 0 Å². The largest absolute Gasteiger partial charge is 0.492 e. The summed E-state index contributed by atoms with van der Waals surface area (Å²) < 4.78 is 34.9. The summed E-state index contributed by atoms with van der Waals surface area (Å²) in [7, 11) is -3.76. The highest BCUT2D eigenvalue weighted by Crippen LogP contribution is 2.34. The lowest BCUT2D eigenvalue weighted by molar-refractivity contribution is -0.231. The minimum atomic E-state index is -3.76. The normalized spacial score (nSPS) is 25.7. The van der Waals surface area contributed by atoms with Crippen LogP contribution in [0.3, 0.4) is 0 Å². The Morgan fingerprint density at radius 1 is 1.06 bits per heavy atom. The van der Waals surface area contributed by atoms with E-state index in [9.17, 15) is 28.8 Å². The monoisotopic (exact) mass is 502 g/mol. The number of benzene rings is 2. The Morgan fingerprint density at radius 3 is 2.39 bits per heavy atom. The van der Waals surface area contributed by atoms with E-state index in [2.05, 4.69) is 4.72 Å². The van der Waals surface area contributed by atoms with Crippen LogP contribution in [0.4, 0.5) is 0 Å². The fourth-order valence-corrected chi connectivity index (χ4v) is 4.11. The Labute approximate surface area is 196 Å². The highest BCUT2D eigenvalue weighted by atomic mass is 35.5. The van der Waals surface area contributed by atoms with E-state index in [4.69, 9.17) is 26.2 Å². The molecule has 10 nitrogen and oxygen atoms in total. The molecule has 1 saturated heterocycles. The van der Waals surface area contributed by atoms with E-state index in [1.165, 1.54) is 0 Å². The van der Waals surface area contributed by atoms with Crippen LogP contribution in [0.2, 0.25) is 5.02 Å². The Hall–Kier alpha value is -1.80. The van der Waals surface area contributed by atoms with Crippen molar-refractivity contribution in [1.82, 2.24) is 4.72 Å². The van der Waals surface area contributed by atoms with Crippen molar-refractivity contribution in [2.24, 2.45) is 5.14 Å². The number of rotatable bonds is 9. The van der Waals surface area contributed by atoms with Gasteiger partial charge in [0.05, 0.1) is 6.61 Å². The van der Waals surface area contributed by atoms with Crippen molar-refractivity contribution >= 4 is 21.8 Å². The number of ether oxygens (including phenoxy) is 2. The lowest BCUT2D eigenvalue weighted by atomic mass is 9.90. The zero-order valence-electron chi connectivity index (χ0n) is 17.5. The van der Waals surface area contributed by atoms with Crippen LogP contribution in [-0.2, 0) is 21.4 Å².